The molecule has 0 saturated carbocycles. The second kappa shape index (κ2) is 7.40. The number of benzene rings is 1. The lowest BCUT2D eigenvalue weighted by Gasteiger charge is -2.34. The van der Waals surface area contributed by atoms with E-state index in [-0.39, 0.29) is 5.78 Å². The number of hydrogen-bond acceptors (Lipinski definition) is 6. The molecule has 0 bridgehead atoms. The quantitative estimate of drug-likeness (QED) is 0.853. The summed E-state index contributed by atoms with van der Waals surface area (Å²) in [6.45, 7) is 8.92. The summed E-state index contributed by atoms with van der Waals surface area (Å²) < 4.78 is 0. The number of hydrogen-bond donors (Lipinski definition) is 1. The molecule has 0 amide bonds. The fourth-order valence-corrected chi connectivity index (χ4v) is 2.82. The molecule has 0 radical (unpaired) electrons. The van der Waals surface area contributed by atoms with Crippen molar-refractivity contribution in [2.24, 2.45) is 0 Å². The van der Waals surface area contributed by atoms with E-state index in [1.165, 1.54) is 0 Å². The topological polar surface area (TPSA) is 61.4 Å². The molecule has 1 aromatic carbocycles. The lowest BCUT2D eigenvalue weighted by atomic mass is 10.1. The van der Waals surface area contributed by atoms with Gasteiger partial charge in [0.1, 0.15) is 5.82 Å². The average molecular weight is 325 g/mol. The van der Waals surface area contributed by atoms with Gasteiger partial charge in [-0.1, -0.05) is 19.1 Å². The number of aromatic nitrogens is 2. The zero-order chi connectivity index (χ0) is 16.9. The summed E-state index contributed by atoms with van der Waals surface area (Å²) in [5.41, 5.74) is 1.49. The fraction of sp³-hybridized carbons (Fsp3) is 0.389. The lowest BCUT2D eigenvalue weighted by Crippen LogP contribution is -2.46. The summed E-state index contributed by atoms with van der Waals surface area (Å²) in [7, 11) is 0. The van der Waals surface area contributed by atoms with Crippen LogP contribution in [0.25, 0.3) is 0 Å². The predicted molar refractivity (Wildman–Crippen MR) is 96.1 cm³/mol. The molecular formula is C18H23N5O. The van der Waals surface area contributed by atoms with Crippen molar-refractivity contribution in [3.8, 4) is 0 Å². The first-order valence-electron chi connectivity index (χ1n) is 8.34. The van der Waals surface area contributed by atoms with Gasteiger partial charge in [-0.25, -0.2) is 4.98 Å². The highest BCUT2D eigenvalue weighted by molar-refractivity contribution is 5.95. The number of carbonyl (C=O) groups is 1. The third-order valence-electron chi connectivity index (χ3n) is 4.31. The van der Waals surface area contributed by atoms with E-state index in [4.69, 9.17) is 0 Å². The molecule has 6 nitrogen and oxygen atoms in total. The van der Waals surface area contributed by atoms with Crippen molar-refractivity contribution in [3.05, 3.63) is 42.1 Å². The fourth-order valence-electron chi connectivity index (χ4n) is 2.82. The van der Waals surface area contributed by atoms with Crippen molar-refractivity contribution in [2.75, 3.05) is 42.9 Å². The Kier molecular flexibility index (Phi) is 5.05. The summed E-state index contributed by atoms with van der Waals surface area (Å²) in [6, 6.07) is 9.32. The second-order valence-corrected chi connectivity index (χ2v) is 5.92. The Hall–Kier alpha value is -2.47. The van der Waals surface area contributed by atoms with Gasteiger partial charge in [0.2, 0.25) is 5.95 Å². The second-order valence-electron chi connectivity index (χ2n) is 5.92. The Morgan fingerprint density at radius 3 is 2.71 bits per heavy atom. The number of carbonyl (C=O) groups excluding carboxylic acids is 1. The van der Waals surface area contributed by atoms with Crippen LogP contribution in [0.15, 0.2) is 36.5 Å². The summed E-state index contributed by atoms with van der Waals surface area (Å²) in [5.74, 6) is 1.53. The Morgan fingerprint density at radius 2 is 2.00 bits per heavy atom. The zero-order valence-electron chi connectivity index (χ0n) is 14.2. The molecule has 6 heteroatoms. The normalized spacial score (nSPS) is 15.3. The highest BCUT2D eigenvalue weighted by Gasteiger charge is 2.17. The largest absolute Gasteiger partial charge is 0.354 e. The Bertz CT molecular complexity index is 710. The minimum atomic E-state index is 0.0436. The Labute approximate surface area is 142 Å². The zero-order valence-corrected chi connectivity index (χ0v) is 14.2. The summed E-state index contributed by atoms with van der Waals surface area (Å²) in [5, 5.41) is 3.19. The van der Waals surface area contributed by atoms with Crippen LogP contribution in [0.5, 0.6) is 0 Å². The Balaban J connectivity index is 1.72. The van der Waals surface area contributed by atoms with Gasteiger partial charge in [-0.15, -0.1) is 0 Å². The van der Waals surface area contributed by atoms with Crippen LogP contribution in [0.2, 0.25) is 0 Å². The standard InChI is InChI=1S/C18H23N5O/c1-3-22-9-11-23(12-10-22)17-7-8-19-18(21-17)20-16-6-4-5-15(13-16)14(2)24/h4-8,13H,3,9-12H2,1-2H3,(H,19,20,21). The van der Waals surface area contributed by atoms with Crippen LogP contribution < -0.4 is 10.2 Å². The monoisotopic (exact) mass is 325 g/mol. The smallest absolute Gasteiger partial charge is 0.229 e. The third kappa shape index (κ3) is 3.89. The van der Waals surface area contributed by atoms with Crippen molar-refractivity contribution in [3.63, 3.8) is 0 Å². The first-order chi connectivity index (χ1) is 11.7. The minimum Gasteiger partial charge on any atom is -0.354 e. The molecule has 1 saturated heterocycles. The maximum atomic E-state index is 11.5. The van der Waals surface area contributed by atoms with Crippen LogP contribution in [-0.2, 0) is 0 Å². The van der Waals surface area contributed by atoms with E-state index in [0.29, 0.717) is 11.5 Å². The molecule has 1 fully saturated rings. The van der Waals surface area contributed by atoms with Gasteiger partial charge < -0.3 is 15.1 Å². The molecule has 2 aromatic rings. The SMILES string of the molecule is CCN1CCN(c2ccnc(Nc3cccc(C(C)=O)c3)n2)CC1. The van der Waals surface area contributed by atoms with Gasteiger partial charge in [-0.2, -0.15) is 4.98 Å². The maximum absolute atomic E-state index is 11.5. The van der Waals surface area contributed by atoms with E-state index in [9.17, 15) is 4.79 Å². The van der Waals surface area contributed by atoms with E-state index >= 15 is 0 Å². The molecule has 24 heavy (non-hydrogen) atoms. The van der Waals surface area contributed by atoms with Gasteiger partial charge in [0.05, 0.1) is 0 Å². The Morgan fingerprint density at radius 1 is 1.21 bits per heavy atom. The third-order valence-corrected chi connectivity index (χ3v) is 4.31. The molecule has 0 spiro atoms. The number of piperazine rings is 1. The number of ketones is 1. The van der Waals surface area contributed by atoms with Crippen LogP contribution in [0.1, 0.15) is 24.2 Å². The molecule has 1 N–H and O–H groups in total. The molecule has 2 heterocycles. The van der Waals surface area contributed by atoms with Gasteiger partial charge in [-0.05, 0) is 31.7 Å². The lowest BCUT2D eigenvalue weighted by molar-refractivity contribution is 0.101. The van der Waals surface area contributed by atoms with Crippen LogP contribution >= 0.6 is 0 Å². The highest BCUT2D eigenvalue weighted by Crippen LogP contribution is 2.18. The van der Waals surface area contributed by atoms with E-state index in [1.54, 1.807) is 19.2 Å². The first kappa shape index (κ1) is 16.4. The average Bonchev–Trinajstić information content (AvgIpc) is 2.62. The molecule has 0 aliphatic carbocycles. The van der Waals surface area contributed by atoms with E-state index in [2.05, 4.69) is 32.0 Å². The maximum Gasteiger partial charge on any atom is 0.229 e. The molecule has 0 unspecified atom stereocenters. The van der Waals surface area contributed by atoms with Crippen molar-refractivity contribution in [2.45, 2.75) is 13.8 Å². The molecule has 0 atom stereocenters. The first-order valence-corrected chi connectivity index (χ1v) is 8.34. The molecule has 1 aliphatic heterocycles. The summed E-state index contributed by atoms with van der Waals surface area (Å²) in [4.78, 5) is 25.1. The van der Waals surface area contributed by atoms with E-state index < -0.39 is 0 Å². The van der Waals surface area contributed by atoms with Gasteiger partial charge in [0.25, 0.3) is 0 Å². The predicted octanol–water partition coefficient (Wildman–Crippen LogP) is 2.56. The van der Waals surface area contributed by atoms with Gasteiger partial charge in [0, 0.05) is 43.6 Å². The van der Waals surface area contributed by atoms with Gasteiger partial charge in [-0.3, -0.25) is 4.79 Å². The van der Waals surface area contributed by atoms with Crippen molar-refractivity contribution in [1.29, 1.82) is 0 Å². The number of rotatable bonds is 5. The van der Waals surface area contributed by atoms with E-state index in [1.807, 2.05) is 24.3 Å². The van der Waals surface area contributed by atoms with Crippen molar-refractivity contribution in [1.82, 2.24) is 14.9 Å². The molecule has 3 rings (SSSR count). The van der Waals surface area contributed by atoms with Crippen LogP contribution in [-0.4, -0.2) is 53.4 Å². The van der Waals surface area contributed by atoms with E-state index in [0.717, 1.165) is 44.2 Å². The molecule has 1 aliphatic rings. The number of anilines is 3. The van der Waals surface area contributed by atoms with Crippen LogP contribution in [0, 0.1) is 0 Å². The van der Waals surface area contributed by atoms with Gasteiger partial charge in [0.15, 0.2) is 5.78 Å². The number of nitrogens with zero attached hydrogens (tertiary/aromatic N) is 4. The minimum absolute atomic E-state index is 0.0436. The van der Waals surface area contributed by atoms with Gasteiger partial charge >= 0.3 is 0 Å². The van der Waals surface area contributed by atoms with Crippen molar-refractivity contribution < 1.29 is 4.79 Å². The molecular weight excluding hydrogens is 302 g/mol. The highest BCUT2D eigenvalue weighted by atomic mass is 16.1. The number of Topliss-reactive ketones (excluding diaryl/α,β-unsaturated/α-hetero) is 1. The molecule has 1 aromatic heterocycles. The summed E-state index contributed by atoms with van der Waals surface area (Å²) in [6.07, 6.45) is 1.77. The molecule has 126 valence electrons. The number of likely N-dealkylation sites (N-methyl/N-ethyl adjacent to an activating group) is 1. The van der Waals surface area contributed by atoms with Crippen LogP contribution in [0.4, 0.5) is 17.5 Å². The summed E-state index contributed by atoms with van der Waals surface area (Å²) >= 11 is 0. The number of nitrogens with one attached hydrogen (secondary N) is 1. The van der Waals surface area contributed by atoms with Crippen LogP contribution in [0.3, 0.4) is 0 Å². The van der Waals surface area contributed by atoms with Crippen molar-refractivity contribution >= 4 is 23.2 Å².